The monoisotopic (exact) mass is 664 g/mol. The molecule has 0 heterocycles. The number of hydrogen-bond acceptors (Lipinski definition) is 7. The Hall–Kier alpha value is -4.41. The van der Waals surface area contributed by atoms with E-state index in [4.69, 9.17) is 15.2 Å². The summed E-state index contributed by atoms with van der Waals surface area (Å²) in [6.07, 6.45) is -0.334. The molecule has 0 bridgehead atoms. The van der Waals surface area contributed by atoms with Gasteiger partial charge in [0.15, 0.2) is 0 Å². The number of esters is 1. The van der Waals surface area contributed by atoms with Gasteiger partial charge in [0.2, 0.25) is 17.7 Å². The third kappa shape index (κ3) is 11.4. The lowest BCUT2D eigenvalue weighted by Crippen LogP contribution is -2.56. The fourth-order valence-electron chi connectivity index (χ4n) is 5.39. The first-order chi connectivity index (χ1) is 22.3. The lowest BCUT2D eigenvalue weighted by Gasteiger charge is -2.36. The molecule has 0 radical (unpaired) electrons. The molecule has 1 aliphatic carbocycles. The molecule has 5 atom stereocenters. The zero-order valence-electron chi connectivity index (χ0n) is 29.7. The zero-order valence-corrected chi connectivity index (χ0v) is 29.7. The van der Waals surface area contributed by atoms with Crippen molar-refractivity contribution in [3.8, 4) is 0 Å². The van der Waals surface area contributed by atoms with Crippen LogP contribution in [0.25, 0.3) is 0 Å². The molecule has 5 unspecified atom stereocenters. The van der Waals surface area contributed by atoms with E-state index in [1.54, 1.807) is 47.6 Å². The highest BCUT2D eigenvalue weighted by Crippen LogP contribution is 2.41. The fraction of sp³-hybridized carbons (Fsp3) is 0.541. The van der Waals surface area contributed by atoms with E-state index in [0.29, 0.717) is 12.0 Å². The minimum absolute atomic E-state index is 0.0556. The minimum Gasteiger partial charge on any atom is -0.458 e. The molecule has 1 saturated carbocycles. The number of aryl methyl sites for hydroxylation is 2. The van der Waals surface area contributed by atoms with Crippen LogP contribution in [0.2, 0.25) is 0 Å². The Kier molecular flexibility index (Phi) is 12.4. The smallest absolute Gasteiger partial charge is 0.408 e. The molecule has 0 spiro atoms. The average Bonchev–Trinajstić information content (AvgIpc) is 3.68. The van der Waals surface area contributed by atoms with Crippen molar-refractivity contribution in [3.63, 3.8) is 0 Å². The number of hydrogen-bond donors (Lipinski definition) is 3. The first kappa shape index (κ1) is 38.0. The predicted octanol–water partition coefficient (Wildman–Crippen LogP) is 4.81. The standard InChI is InChI=1S/C37H52N4O7/c1-22-15-16-26(19-23(22)2)31(32(43)39-28(34(45)47-36(4,5)6)21-25-13-11-10-12-14-25)41(29-20-24(29)3)33(44)27(17-18-30(38)42)40-35(46)48-37(7,8)9/h10-16,19,24,27-29,31H,17-18,20-21H2,1-9H3,(H2,38,42)(H,39,43)(H,40,46). The van der Waals surface area contributed by atoms with E-state index in [-0.39, 0.29) is 31.2 Å². The van der Waals surface area contributed by atoms with Crippen LogP contribution < -0.4 is 16.4 Å². The molecule has 0 aliphatic heterocycles. The van der Waals surface area contributed by atoms with Gasteiger partial charge in [0, 0.05) is 18.9 Å². The predicted molar refractivity (Wildman–Crippen MR) is 183 cm³/mol. The first-order valence-electron chi connectivity index (χ1n) is 16.5. The van der Waals surface area contributed by atoms with E-state index in [2.05, 4.69) is 10.6 Å². The molecule has 11 heteroatoms. The van der Waals surface area contributed by atoms with Crippen LogP contribution in [-0.2, 0) is 35.1 Å². The number of primary amides is 1. The summed E-state index contributed by atoms with van der Waals surface area (Å²) in [6, 6.07) is 11.0. The van der Waals surface area contributed by atoms with Crippen molar-refractivity contribution in [2.75, 3.05) is 0 Å². The van der Waals surface area contributed by atoms with Crippen LogP contribution in [0.3, 0.4) is 0 Å². The van der Waals surface area contributed by atoms with Gasteiger partial charge in [-0.15, -0.1) is 0 Å². The molecule has 0 saturated heterocycles. The Labute approximate surface area is 284 Å². The van der Waals surface area contributed by atoms with Crippen molar-refractivity contribution < 1.29 is 33.4 Å². The number of benzene rings is 2. The summed E-state index contributed by atoms with van der Waals surface area (Å²) in [7, 11) is 0. The average molecular weight is 665 g/mol. The summed E-state index contributed by atoms with van der Waals surface area (Å²) < 4.78 is 11.1. The van der Waals surface area contributed by atoms with Gasteiger partial charge in [0.1, 0.15) is 29.3 Å². The number of nitrogens with zero attached hydrogens (tertiary/aromatic N) is 1. The third-order valence-electron chi connectivity index (χ3n) is 8.01. The molecular formula is C37H52N4O7. The molecule has 2 aromatic carbocycles. The fourth-order valence-corrected chi connectivity index (χ4v) is 5.39. The zero-order chi connectivity index (χ0) is 36.0. The van der Waals surface area contributed by atoms with E-state index in [9.17, 15) is 24.0 Å². The van der Waals surface area contributed by atoms with Gasteiger partial charge in [-0.25, -0.2) is 9.59 Å². The van der Waals surface area contributed by atoms with E-state index in [1.807, 2.05) is 63.2 Å². The number of ether oxygens (including phenoxy) is 2. The Balaban J connectivity index is 2.10. The van der Waals surface area contributed by atoms with Crippen molar-refractivity contribution in [2.24, 2.45) is 11.7 Å². The Morgan fingerprint density at radius 3 is 2.00 bits per heavy atom. The van der Waals surface area contributed by atoms with Gasteiger partial charge in [-0.05, 0) is 96.4 Å². The third-order valence-corrected chi connectivity index (χ3v) is 8.01. The Morgan fingerprint density at radius 2 is 1.48 bits per heavy atom. The summed E-state index contributed by atoms with van der Waals surface area (Å²) in [5, 5.41) is 5.54. The van der Waals surface area contributed by atoms with E-state index >= 15 is 0 Å². The van der Waals surface area contributed by atoms with Gasteiger partial charge in [-0.3, -0.25) is 14.4 Å². The number of carbonyl (C=O) groups is 5. The van der Waals surface area contributed by atoms with Crippen molar-refractivity contribution in [3.05, 3.63) is 70.8 Å². The van der Waals surface area contributed by atoms with Crippen LogP contribution in [0.15, 0.2) is 48.5 Å². The van der Waals surface area contributed by atoms with Gasteiger partial charge >= 0.3 is 12.1 Å². The van der Waals surface area contributed by atoms with E-state index in [0.717, 1.165) is 16.7 Å². The topological polar surface area (TPSA) is 157 Å². The highest BCUT2D eigenvalue weighted by atomic mass is 16.6. The molecular weight excluding hydrogens is 612 g/mol. The maximum absolute atomic E-state index is 14.6. The first-order valence-corrected chi connectivity index (χ1v) is 16.5. The Morgan fingerprint density at radius 1 is 0.875 bits per heavy atom. The molecule has 4 amide bonds. The second kappa shape index (κ2) is 15.7. The number of rotatable bonds is 13. The van der Waals surface area contributed by atoms with Crippen LogP contribution in [0.5, 0.6) is 0 Å². The van der Waals surface area contributed by atoms with Crippen molar-refractivity contribution >= 4 is 29.8 Å². The lowest BCUT2D eigenvalue weighted by molar-refractivity contribution is -0.159. The van der Waals surface area contributed by atoms with Gasteiger partial charge in [-0.1, -0.05) is 55.5 Å². The Bertz CT molecular complexity index is 1480. The van der Waals surface area contributed by atoms with Crippen LogP contribution >= 0.6 is 0 Å². The van der Waals surface area contributed by atoms with Crippen LogP contribution in [0, 0.1) is 19.8 Å². The molecule has 1 fully saturated rings. The largest absolute Gasteiger partial charge is 0.458 e. The highest BCUT2D eigenvalue weighted by molar-refractivity contribution is 5.94. The number of nitrogens with one attached hydrogen (secondary N) is 2. The summed E-state index contributed by atoms with van der Waals surface area (Å²) in [5.41, 5.74) is 7.05. The van der Waals surface area contributed by atoms with Crippen molar-refractivity contribution in [2.45, 2.75) is 123 Å². The number of alkyl carbamates (subject to hydrolysis) is 1. The molecule has 48 heavy (non-hydrogen) atoms. The van der Waals surface area contributed by atoms with Crippen LogP contribution in [0.4, 0.5) is 4.79 Å². The second-order valence-corrected chi connectivity index (χ2v) is 14.8. The molecule has 4 N–H and O–H groups in total. The molecule has 1 aliphatic rings. The number of amides is 4. The van der Waals surface area contributed by atoms with E-state index < -0.39 is 59.1 Å². The maximum atomic E-state index is 14.6. The van der Waals surface area contributed by atoms with Gasteiger partial charge in [0.05, 0.1) is 0 Å². The maximum Gasteiger partial charge on any atom is 0.408 e. The normalized spacial score (nSPS) is 17.7. The summed E-state index contributed by atoms with van der Waals surface area (Å²) in [5.74, 6) is -2.34. The molecule has 262 valence electrons. The lowest BCUT2D eigenvalue weighted by atomic mass is 9.96. The molecule has 11 nitrogen and oxygen atoms in total. The van der Waals surface area contributed by atoms with Gasteiger partial charge in [0.25, 0.3) is 0 Å². The molecule has 3 rings (SSSR count). The van der Waals surface area contributed by atoms with Crippen molar-refractivity contribution in [1.29, 1.82) is 0 Å². The minimum atomic E-state index is -1.21. The van der Waals surface area contributed by atoms with Crippen LogP contribution in [0.1, 0.15) is 96.0 Å². The SMILES string of the molecule is Cc1ccc(C(C(=O)NC(Cc2ccccc2)C(=O)OC(C)(C)C)N(C(=O)C(CCC(N)=O)NC(=O)OC(C)(C)C)C2CC2C)cc1C. The molecule has 0 aromatic heterocycles. The van der Waals surface area contributed by atoms with E-state index in [1.165, 1.54) is 4.90 Å². The summed E-state index contributed by atoms with van der Waals surface area (Å²) >= 11 is 0. The van der Waals surface area contributed by atoms with Gasteiger partial charge < -0.3 is 30.7 Å². The number of carbonyl (C=O) groups excluding carboxylic acids is 5. The summed E-state index contributed by atoms with van der Waals surface area (Å²) in [4.78, 5) is 68.9. The van der Waals surface area contributed by atoms with Crippen LogP contribution in [-0.4, -0.2) is 64.0 Å². The second-order valence-electron chi connectivity index (χ2n) is 14.8. The highest BCUT2D eigenvalue weighted by Gasteiger charge is 2.48. The van der Waals surface area contributed by atoms with Gasteiger partial charge in [-0.2, -0.15) is 0 Å². The molecule has 2 aromatic rings. The quantitative estimate of drug-likeness (QED) is 0.260. The summed E-state index contributed by atoms with van der Waals surface area (Å²) in [6.45, 7) is 16.2. The number of nitrogens with two attached hydrogens (primary N) is 1. The van der Waals surface area contributed by atoms with Crippen molar-refractivity contribution in [1.82, 2.24) is 15.5 Å².